The van der Waals surface area contributed by atoms with Gasteiger partial charge in [0.15, 0.2) is 0 Å². The highest BCUT2D eigenvalue weighted by molar-refractivity contribution is 5.54. The minimum atomic E-state index is 0.251. The molecule has 0 spiro atoms. The molecule has 0 N–H and O–H groups in total. The van der Waals surface area contributed by atoms with Crippen LogP contribution in [0.2, 0.25) is 0 Å². The minimum absolute atomic E-state index is 0.251. The van der Waals surface area contributed by atoms with Crippen LogP contribution in [0.25, 0.3) is 6.08 Å². The molecule has 0 fully saturated rings. The van der Waals surface area contributed by atoms with E-state index in [0.717, 1.165) is 17.7 Å². The van der Waals surface area contributed by atoms with E-state index in [1.807, 2.05) is 6.20 Å². The van der Waals surface area contributed by atoms with Crippen LogP contribution in [0.3, 0.4) is 0 Å². The van der Waals surface area contributed by atoms with Gasteiger partial charge in [0.25, 0.3) is 0 Å². The maximum Gasteiger partial charge on any atom is 0.115 e. The van der Waals surface area contributed by atoms with E-state index < -0.39 is 0 Å². The molecule has 1 aliphatic carbocycles. The second-order valence-electron chi connectivity index (χ2n) is 3.92. The van der Waals surface area contributed by atoms with Gasteiger partial charge < -0.3 is 0 Å². The van der Waals surface area contributed by atoms with Crippen molar-refractivity contribution in [1.82, 2.24) is 9.97 Å². The Hall–Kier alpha value is -1.18. The topological polar surface area (TPSA) is 25.8 Å². The summed E-state index contributed by atoms with van der Waals surface area (Å²) in [5, 5.41) is 0. The Labute approximate surface area is 72.4 Å². The number of aromatic nitrogens is 2. The SMILES string of the molecule is CC1(C)C=Cc2cncnc2C1. The van der Waals surface area contributed by atoms with Gasteiger partial charge in [-0.1, -0.05) is 26.0 Å². The van der Waals surface area contributed by atoms with E-state index in [-0.39, 0.29) is 5.41 Å². The standard InChI is InChI=1S/C10H12N2/c1-10(2)4-3-8-6-11-7-12-9(8)5-10/h3-4,6-7H,5H2,1-2H3. The second kappa shape index (κ2) is 2.41. The molecule has 1 aromatic heterocycles. The van der Waals surface area contributed by atoms with Crippen molar-refractivity contribution in [3.05, 3.63) is 29.9 Å². The van der Waals surface area contributed by atoms with Gasteiger partial charge in [-0.3, -0.25) is 0 Å². The fraction of sp³-hybridized carbons (Fsp3) is 0.400. The van der Waals surface area contributed by atoms with Crippen LogP contribution in [0.5, 0.6) is 0 Å². The van der Waals surface area contributed by atoms with E-state index in [0.29, 0.717) is 0 Å². The quantitative estimate of drug-likeness (QED) is 0.580. The van der Waals surface area contributed by atoms with Crippen molar-refractivity contribution < 1.29 is 0 Å². The zero-order valence-electron chi connectivity index (χ0n) is 7.41. The molecule has 12 heavy (non-hydrogen) atoms. The highest BCUT2D eigenvalue weighted by atomic mass is 14.8. The van der Waals surface area contributed by atoms with Crippen molar-refractivity contribution in [1.29, 1.82) is 0 Å². The molecule has 2 rings (SSSR count). The smallest absolute Gasteiger partial charge is 0.115 e. The van der Waals surface area contributed by atoms with Crippen LogP contribution in [0.1, 0.15) is 25.1 Å². The molecule has 0 aliphatic heterocycles. The number of nitrogens with zero attached hydrogens (tertiary/aromatic N) is 2. The molecule has 62 valence electrons. The number of fused-ring (bicyclic) bond motifs is 1. The van der Waals surface area contributed by atoms with Crippen LogP contribution in [0, 0.1) is 5.41 Å². The Morgan fingerprint density at radius 3 is 3.08 bits per heavy atom. The van der Waals surface area contributed by atoms with E-state index in [1.54, 1.807) is 6.33 Å². The van der Waals surface area contributed by atoms with Gasteiger partial charge in [0.1, 0.15) is 6.33 Å². The lowest BCUT2D eigenvalue weighted by atomic mass is 9.82. The van der Waals surface area contributed by atoms with Gasteiger partial charge in [-0.15, -0.1) is 0 Å². The van der Waals surface area contributed by atoms with Crippen molar-refractivity contribution in [2.24, 2.45) is 5.41 Å². The van der Waals surface area contributed by atoms with E-state index in [2.05, 4.69) is 36.0 Å². The van der Waals surface area contributed by atoms with Gasteiger partial charge in [-0.25, -0.2) is 9.97 Å². The van der Waals surface area contributed by atoms with Gasteiger partial charge in [0.2, 0.25) is 0 Å². The summed E-state index contributed by atoms with van der Waals surface area (Å²) in [6.45, 7) is 4.43. The average molecular weight is 160 g/mol. The Bertz CT molecular complexity index is 326. The zero-order chi connectivity index (χ0) is 8.60. The Kier molecular flexibility index (Phi) is 1.50. The third-order valence-corrected chi connectivity index (χ3v) is 2.16. The van der Waals surface area contributed by atoms with E-state index in [9.17, 15) is 0 Å². The summed E-state index contributed by atoms with van der Waals surface area (Å²) in [7, 11) is 0. The fourth-order valence-electron chi connectivity index (χ4n) is 1.46. The highest BCUT2D eigenvalue weighted by Gasteiger charge is 2.20. The first-order valence-electron chi connectivity index (χ1n) is 4.15. The molecule has 0 bridgehead atoms. The molecule has 2 nitrogen and oxygen atoms in total. The number of allylic oxidation sites excluding steroid dienone is 1. The molecule has 1 heterocycles. The van der Waals surface area contributed by atoms with E-state index >= 15 is 0 Å². The predicted octanol–water partition coefficient (Wildman–Crippen LogP) is 2.07. The van der Waals surface area contributed by atoms with Gasteiger partial charge in [0.05, 0.1) is 5.69 Å². The molecular formula is C10H12N2. The first-order valence-corrected chi connectivity index (χ1v) is 4.15. The van der Waals surface area contributed by atoms with Crippen molar-refractivity contribution >= 4 is 6.08 Å². The lowest BCUT2D eigenvalue weighted by Gasteiger charge is -2.24. The van der Waals surface area contributed by atoms with Gasteiger partial charge in [-0.2, -0.15) is 0 Å². The monoisotopic (exact) mass is 160 g/mol. The first-order chi connectivity index (χ1) is 5.67. The first kappa shape index (κ1) is 7.47. The molecule has 1 aliphatic rings. The Balaban J connectivity index is 2.46. The maximum atomic E-state index is 4.25. The number of hydrogen-bond acceptors (Lipinski definition) is 2. The summed E-state index contributed by atoms with van der Waals surface area (Å²) in [6, 6.07) is 0. The number of hydrogen-bond donors (Lipinski definition) is 0. The average Bonchev–Trinajstić information content (AvgIpc) is 2.02. The lowest BCUT2D eigenvalue weighted by Crippen LogP contribution is -2.16. The van der Waals surface area contributed by atoms with E-state index in [4.69, 9.17) is 0 Å². The van der Waals surface area contributed by atoms with Crippen LogP contribution in [0.15, 0.2) is 18.6 Å². The molecule has 2 heteroatoms. The normalized spacial score (nSPS) is 18.8. The van der Waals surface area contributed by atoms with E-state index in [1.165, 1.54) is 0 Å². The molecule has 1 aromatic rings. The predicted molar refractivity (Wildman–Crippen MR) is 48.6 cm³/mol. The summed E-state index contributed by atoms with van der Waals surface area (Å²) in [6.07, 6.45) is 8.83. The second-order valence-corrected chi connectivity index (χ2v) is 3.92. The van der Waals surface area contributed by atoms with Crippen molar-refractivity contribution in [2.75, 3.05) is 0 Å². The van der Waals surface area contributed by atoms with Crippen molar-refractivity contribution in [2.45, 2.75) is 20.3 Å². The zero-order valence-corrected chi connectivity index (χ0v) is 7.41. The summed E-state index contributed by atoms with van der Waals surface area (Å²) in [5.41, 5.74) is 2.58. The summed E-state index contributed by atoms with van der Waals surface area (Å²) in [5.74, 6) is 0. The third-order valence-electron chi connectivity index (χ3n) is 2.16. The highest BCUT2D eigenvalue weighted by Crippen LogP contribution is 2.29. The summed E-state index contributed by atoms with van der Waals surface area (Å²) < 4.78 is 0. The molecule has 0 saturated carbocycles. The largest absolute Gasteiger partial charge is 0.244 e. The molecule has 0 amide bonds. The van der Waals surface area contributed by atoms with Crippen molar-refractivity contribution in [3.8, 4) is 0 Å². The van der Waals surface area contributed by atoms with Gasteiger partial charge >= 0.3 is 0 Å². The lowest BCUT2D eigenvalue weighted by molar-refractivity contribution is 0.467. The fourth-order valence-corrected chi connectivity index (χ4v) is 1.46. The molecule has 0 radical (unpaired) electrons. The third kappa shape index (κ3) is 1.24. The van der Waals surface area contributed by atoms with Crippen molar-refractivity contribution in [3.63, 3.8) is 0 Å². The maximum absolute atomic E-state index is 4.25. The molecule has 0 unspecified atom stereocenters. The molecule has 0 atom stereocenters. The minimum Gasteiger partial charge on any atom is -0.244 e. The summed E-state index contributed by atoms with van der Waals surface area (Å²) in [4.78, 5) is 8.24. The Morgan fingerprint density at radius 2 is 2.25 bits per heavy atom. The van der Waals surface area contributed by atoms with Crippen LogP contribution < -0.4 is 0 Å². The Morgan fingerprint density at radius 1 is 1.42 bits per heavy atom. The number of rotatable bonds is 0. The molecular weight excluding hydrogens is 148 g/mol. The summed E-state index contributed by atoms with van der Waals surface area (Å²) >= 11 is 0. The van der Waals surface area contributed by atoms with Gasteiger partial charge in [0, 0.05) is 11.8 Å². The molecule has 0 saturated heterocycles. The van der Waals surface area contributed by atoms with Crippen LogP contribution in [-0.2, 0) is 6.42 Å². The van der Waals surface area contributed by atoms with Crippen LogP contribution in [-0.4, -0.2) is 9.97 Å². The van der Waals surface area contributed by atoms with Crippen LogP contribution >= 0.6 is 0 Å². The van der Waals surface area contributed by atoms with Crippen LogP contribution in [0.4, 0.5) is 0 Å². The van der Waals surface area contributed by atoms with Gasteiger partial charge in [-0.05, 0) is 11.8 Å². The molecule has 0 aromatic carbocycles.